The number of rotatable bonds is 3. The highest BCUT2D eigenvalue weighted by molar-refractivity contribution is 6.00. The summed E-state index contributed by atoms with van der Waals surface area (Å²) in [5, 5.41) is 3.96. The lowest BCUT2D eigenvalue weighted by molar-refractivity contribution is 0.0951. The van der Waals surface area contributed by atoms with E-state index in [4.69, 9.17) is 0 Å². The second-order valence-corrected chi connectivity index (χ2v) is 3.98. The number of nitrogens with one attached hydrogen (secondary N) is 1. The number of halogens is 1. The van der Waals surface area contributed by atoms with Crippen LogP contribution >= 0.6 is 0 Å². The number of nitrogens with zero attached hydrogens (tertiary/aromatic N) is 1. The number of hydrogen-bond acceptors (Lipinski definition) is 2. The quantitative estimate of drug-likeness (QED) is 0.665. The van der Waals surface area contributed by atoms with Crippen molar-refractivity contribution in [1.82, 2.24) is 5.43 Å². The predicted octanol–water partition coefficient (Wildman–Crippen LogP) is 2.98. The summed E-state index contributed by atoms with van der Waals surface area (Å²) in [7, 11) is 0. The van der Waals surface area contributed by atoms with Crippen LogP contribution in [0.25, 0.3) is 0 Å². The first-order chi connectivity index (χ1) is 9.18. The first-order valence-corrected chi connectivity index (χ1v) is 5.83. The molecule has 2 aromatic rings. The molecular weight excluding hydrogens is 243 g/mol. The molecule has 0 spiro atoms. The zero-order valence-electron chi connectivity index (χ0n) is 10.4. The van der Waals surface area contributed by atoms with Gasteiger partial charge in [-0.05, 0) is 24.6 Å². The normalized spacial score (nSPS) is 11.2. The van der Waals surface area contributed by atoms with E-state index in [0.29, 0.717) is 5.71 Å². The van der Waals surface area contributed by atoms with Crippen molar-refractivity contribution >= 4 is 11.6 Å². The molecule has 0 fully saturated rings. The van der Waals surface area contributed by atoms with Gasteiger partial charge in [0.15, 0.2) is 0 Å². The van der Waals surface area contributed by atoms with Gasteiger partial charge in [0.2, 0.25) is 0 Å². The van der Waals surface area contributed by atoms with Crippen molar-refractivity contribution in [2.75, 3.05) is 0 Å². The van der Waals surface area contributed by atoms with Gasteiger partial charge in [0.05, 0.1) is 11.3 Å². The lowest BCUT2D eigenvalue weighted by Gasteiger charge is -2.03. The highest BCUT2D eigenvalue weighted by atomic mass is 19.1. The fourth-order valence-corrected chi connectivity index (χ4v) is 1.58. The Morgan fingerprint density at radius 3 is 2.37 bits per heavy atom. The maximum atomic E-state index is 13.4. The highest BCUT2D eigenvalue weighted by Crippen LogP contribution is 2.06. The molecule has 0 unspecified atom stereocenters. The van der Waals surface area contributed by atoms with Crippen LogP contribution in [0.2, 0.25) is 0 Å². The summed E-state index contributed by atoms with van der Waals surface area (Å²) in [6.45, 7) is 1.77. The molecule has 1 N–H and O–H groups in total. The Labute approximate surface area is 110 Å². The molecule has 0 saturated carbocycles. The molecule has 0 heterocycles. The first-order valence-electron chi connectivity index (χ1n) is 5.83. The fraction of sp³-hybridized carbons (Fsp3) is 0.0667. The van der Waals surface area contributed by atoms with Crippen molar-refractivity contribution in [3.05, 3.63) is 71.5 Å². The summed E-state index contributed by atoms with van der Waals surface area (Å²) in [6, 6.07) is 15.2. The number of carbonyl (C=O) groups excluding carboxylic acids is 1. The Balaban J connectivity index is 2.11. The molecule has 0 aliphatic rings. The van der Waals surface area contributed by atoms with Gasteiger partial charge in [0, 0.05) is 0 Å². The average Bonchev–Trinajstić information content (AvgIpc) is 2.46. The Hall–Kier alpha value is -2.49. The Morgan fingerprint density at radius 1 is 1.05 bits per heavy atom. The Morgan fingerprint density at radius 2 is 1.68 bits per heavy atom. The van der Waals surface area contributed by atoms with Crippen molar-refractivity contribution in [1.29, 1.82) is 0 Å². The molecule has 0 aromatic heterocycles. The number of benzene rings is 2. The van der Waals surface area contributed by atoms with E-state index in [-0.39, 0.29) is 5.56 Å². The smallest absolute Gasteiger partial charge is 0.267 e. The van der Waals surface area contributed by atoms with Crippen LogP contribution in [0.1, 0.15) is 22.8 Å². The summed E-state index contributed by atoms with van der Waals surface area (Å²) in [4.78, 5) is 11.7. The van der Waals surface area contributed by atoms with Gasteiger partial charge in [0.1, 0.15) is 5.82 Å². The van der Waals surface area contributed by atoms with Crippen molar-refractivity contribution in [2.45, 2.75) is 6.92 Å². The van der Waals surface area contributed by atoms with E-state index in [0.717, 1.165) is 5.56 Å². The molecule has 96 valence electrons. The Bertz CT molecular complexity index is 609. The Kier molecular flexibility index (Phi) is 4.03. The molecule has 0 aliphatic carbocycles. The van der Waals surface area contributed by atoms with Crippen LogP contribution in [-0.4, -0.2) is 11.6 Å². The average molecular weight is 256 g/mol. The predicted molar refractivity (Wildman–Crippen MR) is 72.5 cm³/mol. The molecule has 0 saturated heterocycles. The van der Waals surface area contributed by atoms with Crippen molar-refractivity contribution in [3.8, 4) is 0 Å². The van der Waals surface area contributed by atoms with Crippen LogP contribution in [-0.2, 0) is 0 Å². The van der Waals surface area contributed by atoms with Gasteiger partial charge in [-0.15, -0.1) is 0 Å². The second kappa shape index (κ2) is 5.91. The topological polar surface area (TPSA) is 41.5 Å². The number of hydrazone groups is 1. The maximum Gasteiger partial charge on any atom is 0.274 e. The second-order valence-electron chi connectivity index (χ2n) is 3.98. The summed E-state index contributed by atoms with van der Waals surface area (Å²) in [5.41, 5.74) is 3.88. The van der Waals surface area contributed by atoms with Gasteiger partial charge in [-0.25, -0.2) is 9.82 Å². The molecule has 4 heteroatoms. The fourth-order valence-electron chi connectivity index (χ4n) is 1.58. The van der Waals surface area contributed by atoms with E-state index in [1.54, 1.807) is 13.0 Å². The molecule has 0 radical (unpaired) electrons. The first kappa shape index (κ1) is 13.0. The molecular formula is C15H13FN2O. The molecule has 3 nitrogen and oxygen atoms in total. The van der Waals surface area contributed by atoms with Crippen LogP contribution in [0.4, 0.5) is 4.39 Å². The van der Waals surface area contributed by atoms with E-state index in [1.165, 1.54) is 18.2 Å². The van der Waals surface area contributed by atoms with Gasteiger partial charge in [-0.2, -0.15) is 5.10 Å². The van der Waals surface area contributed by atoms with E-state index < -0.39 is 11.7 Å². The molecule has 0 aliphatic heterocycles. The molecule has 2 rings (SSSR count). The zero-order valence-corrected chi connectivity index (χ0v) is 10.4. The van der Waals surface area contributed by atoms with Crippen LogP contribution in [0.3, 0.4) is 0 Å². The minimum Gasteiger partial charge on any atom is -0.267 e. The SMILES string of the molecule is CC(=NNC(=O)c1ccccc1F)c1ccccc1. The molecule has 2 aromatic carbocycles. The van der Waals surface area contributed by atoms with E-state index in [1.807, 2.05) is 30.3 Å². The van der Waals surface area contributed by atoms with Gasteiger partial charge < -0.3 is 0 Å². The van der Waals surface area contributed by atoms with Crippen molar-refractivity contribution in [3.63, 3.8) is 0 Å². The molecule has 19 heavy (non-hydrogen) atoms. The minimum atomic E-state index is -0.562. The zero-order chi connectivity index (χ0) is 13.7. The third kappa shape index (κ3) is 3.25. The van der Waals surface area contributed by atoms with Crippen molar-refractivity contribution in [2.24, 2.45) is 5.10 Å². The monoisotopic (exact) mass is 256 g/mol. The van der Waals surface area contributed by atoms with E-state index in [2.05, 4.69) is 10.5 Å². The third-order valence-electron chi connectivity index (χ3n) is 2.64. The standard InChI is InChI=1S/C15H13FN2O/c1-11(12-7-3-2-4-8-12)17-18-15(19)13-9-5-6-10-14(13)16/h2-10H,1H3,(H,18,19). The van der Waals surface area contributed by atoms with Crippen LogP contribution in [0.5, 0.6) is 0 Å². The summed E-state index contributed by atoms with van der Waals surface area (Å²) in [6.07, 6.45) is 0. The summed E-state index contributed by atoms with van der Waals surface area (Å²) in [5.74, 6) is -1.12. The van der Waals surface area contributed by atoms with Crippen LogP contribution < -0.4 is 5.43 Å². The van der Waals surface area contributed by atoms with E-state index in [9.17, 15) is 9.18 Å². The summed E-state index contributed by atoms with van der Waals surface area (Å²) < 4.78 is 13.4. The minimum absolute atomic E-state index is 0.0212. The highest BCUT2D eigenvalue weighted by Gasteiger charge is 2.09. The lowest BCUT2D eigenvalue weighted by atomic mass is 10.1. The molecule has 1 amide bonds. The maximum absolute atomic E-state index is 13.4. The van der Waals surface area contributed by atoms with Crippen molar-refractivity contribution < 1.29 is 9.18 Å². The number of amides is 1. The number of carbonyl (C=O) groups is 1. The summed E-state index contributed by atoms with van der Waals surface area (Å²) >= 11 is 0. The van der Waals surface area contributed by atoms with E-state index >= 15 is 0 Å². The van der Waals surface area contributed by atoms with Gasteiger partial charge in [0.25, 0.3) is 5.91 Å². The van der Waals surface area contributed by atoms with Gasteiger partial charge in [-0.3, -0.25) is 4.79 Å². The largest absolute Gasteiger partial charge is 0.274 e. The van der Waals surface area contributed by atoms with Crippen LogP contribution in [0, 0.1) is 5.82 Å². The molecule has 0 atom stereocenters. The number of hydrogen-bond donors (Lipinski definition) is 1. The third-order valence-corrected chi connectivity index (χ3v) is 2.64. The van der Waals surface area contributed by atoms with Crippen LogP contribution in [0.15, 0.2) is 59.7 Å². The van der Waals surface area contributed by atoms with Gasteiger partial charge >= 0.3 is 0 Å². The molecule has 0 bridgehead atoms. The van der Waals surface area contributed by atoms with Gasteiger partial charge in [-0.1, -0.05) is 42.5 Å². The lowest BCUT2D eigenvalue weighted by Crippen LogP contribution is -2.20.